The first-order valence-electron chi connectivity index (χ1n) is 8.66. The molecular formula is C22H16FN3O2. The van der Waals surface area contributed by atoms with Crippen LogP contribution >= 0.6 is 0 Å². The maximum Gasteiger partial charge on any atom is 0.279 e. The third-order valence-corrected chi connectivity index (χ3v) is 4.35. The first-order chi connectivity index (χ1) is 13.5. The molecule has 4 aromatic rings. The Balaban J connectivity index is 2.03. The van der Waals surface area contributed by atoms with Gasteiger partial charge < -0.3 is 5.21 Å². The molecule has 4 rings (SSSR count). The summed E-state index contributed by atoms with van der Waals surface area (Å²) in [5.74, 6) is -0.448. The van der Waals surface area contributed by atoms with Crippen LogP contribution in [-0.4, -0.2) is 27.8 Å². The Kier molecular flexibility index (Phi) is 4.45. The van der Waals surface area contributed by atoms with Gasteiger partial charge in [-0.2, -0.15) is 9.78 Å². The van der Waals surface area contributed by atoms with Crippen molar-refractivity contribution in [3.63, 3.8) is 0 Å². The molecule has 0 aliphatic rings. The summed E-state index contributed by atoms with van der Waals surface area (Å²) in [6.07, 6.45) is 1.45. The maximum atomic E-state index is 13.7. The lowest BCUT2D eigenvalue weighted by atomic mass is 10.0. The van der Waals surface area contributed by atoms with E-state index in [9.17, 15) is 14.4 Å². The SMILES string of the molecule is C/[N+]([O-])=C/c1cccc(-c2nn(-c3cccc(F)c3)c(=O)c3ccccc23)c1. The normalized spacial score (nSPS) is 11.7. The third kappa shape index (κ3) is 3.27. The molecule has 0 saturated carbocycles. The number of fused-ring (bicyclic) bond motifs is 1. The molecule has 28 heavy (non-hydrogen) atoms. The molecule has 0 saturated heterocycles. The molecule has 0 fully saturated rings. The van der Waals surface area contributed by atoms with E-state index < -0.39 is 5.82 Å². The van der Waals surface area contributed by atoms with Crippen molar-refractivity contribution in [3.05, 3.63) is 99.7 Å². The molecule has 0 aliphatic heterocycles. The number of halogens is 1. The van der Waals surface area contributed by atoms with Crippen LogP contribution in [0.1, 0.15) is 5.56 Å². The highest BCUT2D eigenvalue weighted by Crippen LogP contribution is 2.26. The average Bonchev–Trinajstić information content (AvgIpc) is 2.68. The Hall–Kier alpha value is -3.80. The largest absolute Gasteiger partial charge is 0.624 e. The summed E-state index contributed by atoms with van der Waals surface area (Å²) >= 11 is 0. The van der Waals surface area contributed by atoms with Crippen molar-refractivity contribution in [2.45, 2.75) is 0 Å². The number of nitrogens with zero attached hydrogens (tertiary/aromatic N) is 3. The van der Waals surface area contributed by atoms with E-state index >= 15 is 0 Å². The minimum absolute atomic E-state index is 0.327. The van der Waals surface area contributed by atoms with E-state index in [4.69, 9.17) is 0 Å². The molecule has 0 radical (unpaired) electrons. The van der Waals surface area contributed by atoms with Gasteiger partial charge in [0.15, 0.2) is 6.21 Å². The average molecular weight is 373 g/mol. The Morgan fingerprint density at radius 1 is 1.00 bits per heavy atom. The molecule has 3 aromatic carbocycles. The van der Waals surface area contributed by atoms with Gasteiger partial charge in [0.1, 0.15) is 12.9 Å². The lowest BCUT2D eigenvalue weighted by Crippen LogP contribution is -2.22. The van der Waals surface area contributed by atoms with E-state index in [0.29, 0.717) is 27.7 Å². The smallest absolute Gasteiger partial charge is 0.279 e. The molecule has 1 heterocycles. The van der Waals surface area contributed by atoms with Gasteiger partial charge >= 0.3 is 0 Å². The molecule has 1 aromatic heterocycles. The summed E-state index contributed by atoms with van der Waals surface area (Å²) < 4.78 is 15.6. The van der Waals surface area contributed by atoms with Gasteiger partial charge in [-0.1, -0.05) is 36.4 Å². The Morgan fingerprint density at radius 2 is 1.75 bits per heavy atom. The summed E-state index contributed by atoms with van der Waals surface area (Å²) in [5.41, 5.74) is 2.05. The minimum Gasteiger partial charge on any atom is -0.624 e. The highest BCUT2D eigenvalue weighted by molar-refractivity contribution is 5.94. The van der Waals surface area contributed by atoms with Crippen LogP contribution < -0.4 is 5.56 Å². The molecule has 0 atom stereocenters. The van der Waals surface area contributed by atoms with Gasteiger partial charge in [-0.05, 0) is 36.4 Å². The molecule has 6 heteroatoms. The fraction of sp³-hybridized carbons (Fsp3) is 0.0455. The Labute approximate surface area is 160 Å². The summed E-state index contributed by atoms with van der Waals surface area (Å²) in [5, 5.41) is 17.1. The van der Waals surface area contributed by atoms with Crippen LogP contribution in [0.3, 0.4) is 0 Å². The van der Waals surface area contributed by atoms with Crippen molar-refractivity contribution >= 4 is 17.0 Å². The van der Waals surface area contributed by atoms with Crippen LogP contribution in [0.5, 0.6) is 0 Å². The van der Waals surface area contributed by atoms with Crippen LogP contribution in [0.4, 0.5) is 4.39 Å². The van der Waals surface area contributed by atoms with Crippen LogP contribution in [0.15, 0.2) is 77.6 Å². The van der Waals surface area contributed by atoms with Crippen LogP contribution in [0.2, 0.25) is 0 Å². The highest BCUT2D eigenvalue weighted by atomic mass is 19.1. The summed E-state index contributed by atoms with van der Waals surface area (Å²) in [4.78, 5) is 13.0. The molecule has 138 valence electrons. The lowest BCUT2D eigenvalue weighted by Gasteiger charge is -2.12. The van der Waals surface area contributed by atoms with Gasteiger partial charge in [-0.3, -0.25) is 4.79 Å². The second-order valence-corrected chi connectivity index (χ2v) is 6.39. The first-order valence-corrected chi connectivity index (χ1v) is 8.66. The van der Waals surface area contributed by atoms with Crippen molar-refractivity contribution in [1.29, 1.82) is 0 Å². The number of hydrogen-bond donors (Lipinski definition) is 0. The zero-order valence-electron chi connectivity index (χ0n) is 15.0. The molecule has 0 aliphatic carbocycles. The topological polar surface area (TPSA) is 61.0 Å². The van der Waals surface area contributed by atoms with Gasteiger partial charge in [-0.25, -0.2) is 9.13 Å². The van der Waals surface area contributed by atoms with Crippen molar-refractivity contribution in [1.82, 2.24) is 9.78 Å². The number of hydroxylamine groups is 1. The standard InChI is InChI=1S/C22H16FN3O2/c1-25(28)14-15-6-4-7-16(12-15)21-19-10-2-3-11-20(19)22(27)26(24-21)18-9-5-8-17(23)13-18/h2-14H,1H3/b25-14-. The molecule has 0 amide bonds. The zero-order valence-corrected chi connectivity index (χ0v) is 15.0. The predicted octanol–water partition coefficient (Wildman–Crippen LogP) is 3.75. The second-order valence-electron chi connectivity index (χ2n) is 6.39. The monoisotopic (exact) mass is 373 g/mol. The number of hydrogen-bond acceptors (Lipinski definition) is 3. The summed E-state index contributed by atoms with van der Waals surface area (Å²) in [6.45, 7) is 0. The number of aromatic nitrogens is 2. The second kappa shape index (κ2) is 7.08. The quantitative estimate of drug-likeness (QED) is 0.238. The molecule has 0 spiro atoms. The van der Waals surface area contributed by atoms with Crippen molar-refractivity contribution in [2.24, 2.45) is 0 Å². The Bertz CT molecular complexity index is 1270. The van der Waals surface area contributed by atoms with Gasteiger partial charge in [0.25, 0.3) is 5.56 Å². The van der Waals surface area contributed by atoms with Gasteiger partial charge in [0, 0.05) is 16.5 Å². The minimum atomic E-state index is -0.448. The molecule has 0 unspecified atom stereocenters. The predicted molar refractivity (Wildman–Crippen MR) is 107 cm³/mol. The van der Waals surface area contributed by atoms with Gasteiger partial charge in [0.2, 0.25) is 0 Å². The van der Waals surface area contributed by atoms with Crippen LogP contribution in [0.25, 0.3) is 27.7 Å². The van der Waals surface area contributed by atoms with E-state index in [1.165, 1.54) is 36.1 Å². The van der Waals surface area contributed by atoms with Crippen LogP contribution in [-0.2, 0) is 0 Å². The molecule has 0 N–H and O–H groups in total. The summed E-state index contributed by atoms with van der Waals surface area (Å²) in [7, 11) is 1.41. The maximum absolute atomic E-state index is 13.7. The fourth-order valence-corrected chi connectivity index (χ4v) is 3.16. The van der Waals surface area contributed by atoms with Crippen molar-refractivity contribution in [3.8, 4) is 16.9 Å². The fourth-order valence-electron chi connectivity index (χ4n) is 3.16. The number of rotatable bonds is 3. The van der Waals surface area contributed by atoms with E-state index in [2.05, 4.69) is 5.10 Å². The van der Waals surface area contributed by atoms with E-state index in [1.807, 2.05) is 36.4 Å². The highest BCUT2D eigenvalue weighted by Gasteiger charge is 2.14. The van der Waals surface area contributed by atoms with Gasteiger partial charge in [0.05, 0.1) is 16.8 Å². The van der Waals surface area contributed by atoms with Crippen LogP contribution in [0, 0.1) is 11.0 Å². The first kappa shape index (κ1) is 17.6. The molecular weight excluding hydrogens is 357 g/mol. The molecule has 5 nitrogen and oxygen atoms in total. The zero-order chi connectivity index (χ0) is 19.7. The van der Waals surface area contributed by atoms with E-state index in [0.717, 1.165) is 10.3 Å². The molecule has 0 bridgehead atoms. The van der Waals surface area contributed by atoms with Crippen molar-refractivity contribution in [2.75, 3.05) is 7.05 Å². The number of benzene rings is 3. The lowest BCUT2D eigenvalue weighted by molar-refractivity contribution is -0.416. The third-order valence-electron chi connectivity index (χ3n) is 4.35. The summed E-state index contributed by atoms with van der Waals surface area (Å²) in [6, 6.07) is 20.2. The van der Waals surface area contributed by atoms with E-state index in [1.54, 1.807) is 18.2 Å². The van der Waals surface area contributed by atoms with Crippen molar-refractivity contribution < 1.29 is 9.13 Å². The van der Waals surface area contributed by atoms with E-state index in [-0.39, 0.29) is 5.56 Å². The van der Waals surface area contributed by atoms with Gasteiger partial charge in [-0.15, -0.1) is 0 Å². The Morgan fingerprint density at radius 3 is 2.50 bits per heavy atom.